The van der Waals surface area contributed by atoms with E-state index in [9.17, 15) is 0 Å². The quantitative estimate of drug-likeness (QED) is 0.120. The maximum Gasteiger partial charge on any atom is 0.0699 e. The number of benzene rings is 9. The maximum absolute atomic E-state index is 3.54. The van der Waals surface area contributed by atoms with Gasteiger partial charge in [-0.3, -0.25) is 0 Å². The molecule has 11 aromatic rings. The van der Waals surface area contributed by atoms with Crippen molar-refractivity contribution in [1.29, 1.82) is 0 Å². The minimum atomic E-state index is 0.572. The second-order valence-corrected chi connectivity index (χ2v) is 20.3. The van der Waals surface area contributed by atoms with Gasteiger partial charge in [0.25, 0.3) is 0 Å². The van der Waals surface area contributed by atoms with E-state index in [-0.39, 0.29) is 0 Å². The summed E-state index contributed by atoms with van der Waals surface area (Å²) >= 11 is 3.73. The molecule has 9 aromatic carbocycles. The fourth-order valence-electron chi connectivity index (χ4n) is 10.5. The molecule has 13 rings (SSSR count). The number of anilines is 7. The van der Waals surface area contributed by atoms with Gasteiger partial charge < -0.3 is 14.7 Å². The van der Waals surface area contributed by atoms with Crippen LogP contribution in [0.25, 0.3) is 51.5 Å². The Kier molecular flexibility index (Phi) is 11.4. The summed E-state index contributed by atoms with van der Waals surface area (Å²) in [5.41, 5.74) is 15.0. The van der Waals surface area contributed by atoms with Crippen LogP contribution in [0.15, 0.2) is 260 Å². The predicted octanol–water partition coefficient (Wildman–Crippen LogP) is 19.3. The number of hydrogen-bond donors (Lipinski definition) is 0. The minimum absolute atomic E-state index is 0.572. The lowest BCUT2D eigenvalue weighted by atomic mass is 9.94. The molecule has 0 N–H and O–H groups in total. The zero-order valence-electron chi connectivity index (χ0n) is 39.5. The van der Waals surface area contributed by atoms with Gasteiger partial charge in [-0.15, -0.1) is 22.7 Å². The molecule has 2 aliphatic carbocycles. The van der Waals surface area contributed by atoms with E-state index in [0.29, 0.717) is 6.42 Å². The molecule has 0 spiro atoms. The van der Waals surface area contributed by atoms with Crippen molar-refractivity contribution in [2.45, 2.75) is 19.3 Å². The Morgan fingerprint density at radius 1 is 0.375 bits per heavy atom. The monoisotopic (exact) mass is 957 g/mol. The molecular formula is C67H47N3S2. The lowest BCUT2D eigenvalue weighted by Crippen LogP contribution is -2.23. The van der Waals surface area contributed by atoms with E-state index < -0.39 is 0 Å². The van der Waals surface area contributed by atoms with Crippen molar-refractivity contribution in [3.8, 4) is 11.8 Å². The highest BCUT2D eigenvalue weighted by atomic mass is 32.1. The molecule has 2 heterocycles. The lowest BCUT2D eigenvalue weighted by molar-refractivity contribution is 0.928. The average Bonchev–Trinajstić information content (AvgIpc) is 3.91. The number of allylic oxidation sites excluding steroid dienone is 8. The first-order chi connectivity index (χ1) is 35.7. The molecule has 0 bridgehead atoms. The summed E-state index contributed by atoms with van der Waals surface area (Å²) in [6.07, 6.45) is 11.5. The third kappa shape index (κ3) is 8.07. The molecule has 2 aliphatic rings. The van der Waals surface area contributed by atoms with Gasteiger partial charge in [0.1, 0.15) is 0 Å². The van der Waals surface area contributed by atoms with Crippen molar-refractivity contribution in [3.05, 3.63) is 271 Å². The van der Waals surface area contributed by atoms with Gasteiger partial charge in [0.15, 0.2) is 0 Å². The van der Waals surface area contributed by atoms with Gasteiger partial charge in [0, 0.05) is 69.8 Å². The largest absolute Gasteiger partial charge is 0.312 e. The van der Waals surface area contributed by atoms with E-state index in [2.05, 4.69) is 275 Å². The van der Waals surface area contributed by atoms with Crippen molar-refractivity contribution in [2.24, 2.45) is 0 Å². The Morgan fingerprint density at radius 2 is 0.972 bits per heavy atom. The van der Waals surface area contributed by atoms with E-state index in [0.717, 1.165) is 69.5 Å². The Hall–Kier alpha value is -8.66. The van der Waals surface area contributed by atoms with Gasteiger partial charge in [-0.05, 0) is 138 Å². The van der Waals surface area contributed by atoms with Crippen molar-refractivity contribution >= 4 is 114 Å². The van der Waals surface area contributed by atoms with Crippen LogP contribution in [0.5, 0.6) is 0 Å². The van der Waals surface area contributed by atoms with Crippen LogP contribution < -0.4 is 14.7 Å². The second kappa shape index (κ2) is 18.9. The van der Waals surface area contributed by atoms with E-state index in [1.165, 1.54) is 57.2 Å². The topological polar surface area (TPSA) is 9.72 Å². The summed E-state index contributed by atoms with van der Waals surface area (Å²) < 4.78 is 5.13. The summed E-state index contributed by atoms with van der Waals surface area (Å²) in [6, 6.07) is 81.4. The molecule has 2 aromatic heterocycles. The zero-order valence-corrected chi connectivity index (χ0v) is 41.1. The van der Waals surface area contributed by atoms with Gasteiger partial charge in [0.2, 0.25) is 0 Å². The van der Waals surface area contributed by atoms with Crippen LogP contribution >= 0.6 is 22.7 Å². The standard InChI is InChI=1S/C67H47N3S2/c1-5-20-47(21-6-1)49-22-13-14-29-55(44-49)70(56-41-42-58-59-31-19-34-63(67(59)72-66(58)46-56)69(52-25-9-3-10-26-52)53-27-11-4-12-28-53)62-33-17-16-32-61(62)68(51-23-7-2-8-24-51)54-39-36-48(37-40-54)50-38-43-65-60(45-50)57-30-15-18-35-64(57)71-65/h1-12,15-28,30-36,38-39,41-46H,29,37,40H2. The molecule has 0 aliphatic heterocycles. The molecule has 3 nitrogen and oxygen atoms in total. The van der Waals surface area contributed by atoms with Gasteiger partial charge in [-0.1, -0.05) is 157 Å². The average molecular weight is 958 g/mol. The first-order valence-corrected chi connectivity index (χ1v) is 26.2. The first-order valence-electron chi connectivity index (χ1n) is 24.6. The molecule has 0 unspecified atom stereocenters. The van der Waals surface area contributed by atoms with Crippen LogP contribution in [-0.2, 0) is 0 Å². The summed E-state index contributed by atoms with van der Waals surface area (Å²) in [5.74, 6) is 6.94. The highest BCUT2D eigenvalue weighted by molar-refractivity contribution is 7.26. The highest BCUT2D eigenvalue weighted by Crippen LogP contribution is 2.49. The molecule has 0 radical (unpaired) electrons. The van der Waals surface area contributed by atoms with Crippen LogP contribution in [-0.4, -0.2) is 0 Å². The van der Waals surface area contributed by atoms with Crippen molar-refractivity contribution in [1.82, 2.24) is 0 Å². The van der Waals surface area contributed by atoms with Gasteiger partial charge in [0.05, 0.1) is 28.2 Å². The third-order valence-electron chi connectivity index (χ3n) is 13.8. The molecule has 5 heteroatoms. The Labute approximate surface area is 428 Å². The predicted molar refractivity (Wildman–Crippen MR) is 311 cm³/mol. The van der Waals surface area contributed by atoms with Crippen molar-refractivity contribution < 1.29 is 0 Å². The Morgan fingerprint density at radius 3 is 1.68 bits per heavy atom. The number of nitrogens with zero attached hydrogens (tertiary/aromatic N) is 3. The van der Waals surface area contributed by atoms with Crippen LogP contribution in [0.1, 0.15) is 30.4 Å². The molecule has 0 saturated carbocycles. The Bertz CT molecular complexity index is 3980. The van der Waals surface area contributed by atoms with Crippen LogP contribution in [0.3, 0.4) is 0 Å². The van der Waals surface area contributed by atoms with Crippen LogP contribution in [0.2, 0.25) is 0 Å². The number of thiophene rings is 2. The molecule has 72 heavy (non-hydrogen) atoms. The molecule has 0 atom stereocenters. The maximum atomic E-state index is 3.54. The van der Waals surface area contributed by atoms with E-state index in [4.69, 9.17) is 0 Å². The number of rotatable bonds is 11. The van der Waals surface area contributed by atoms with Crippen LogP contribution in [0.4, 0.5) is 39.8 Å². The molecule has 0 fully saturated rings. The summed E-state index contributed by atoms with van der Waals surface area (Å²) in [6.45, 7) is 0. The highest BCUT2D eigenvalue weighted by Gasteiger charge is 2.27. The smallest absolute Gasteiger partial charge is 0.0699 e. The van der Waals surface area contributed by atoms with Crippen molar-refractivity contribution in [3.63, 3.8) is 0 Å². The second-order valence-electron chi connectivity index (χ2n) is 18.2. The Balaban J connectivity index is 0.967. The normalized spacial score (nSPS) is 13.4. The molecule has 0 saturated heterocycles. The third-order valence-corrected chi connectivity index (χ3v) is 16.2. The molecular weight excluding hydrogens is 911 g/mol. The van der Waals surface area contributed by atoms with E-state index in [1.807, 2.05) is 22.7 Å². The number of para-hydroxylation sites is 5. The number of hydrogen-bond acceptors (Lipinski definition) is 5. The molecule has 342 valence electrons. The van der Waals surface area contributed by atoms with Gasteiger partial charge >= 0.3 is 0 Å². The summed E-state index contributed by atoms with van der Waals surface area (Å²) in [7, 11) is 0. The first kappa shape index (κ1) is 43.4. The van der Waals surface area contributed by atoms with Crippen LogP contribution in [0, 0.1) is 11.8 Å². The minimum Gasteiger partial charge on any atom is -0.312 e. The molecule has 0 amide bonds. The number of fused-ring (bicyclic) bond motifs is 6. The lowest BCUT2D eigenvalue weighted by Gasteiger charge is -2.35. The summed E-state index contributed by atoms with van der Waals surface area (Å²) in [4.78, 5) is 7.33. The zero-order chi connectivity index (χ0) is 47.8. The van der Waals surface area contributed by atoms with E-state index >= 15 is 0 Å². The SMILES string of the molecule is C1#CCC(N(c2ccc3c(c2)sc2c(N(c4ccccc4)c4ccccc4)cccc23)c2ccccc2N(C2=CC=C(c3ccc4sc5ccccc5c4c3)CC2)c2ccccc2)=CC(c2ccccc2)=C1. The van der Waals surface area contributed by atoms with Gasteiger partial charge in [-0.2, -0.15) is 0 Å². The van der Waals surface area contributed by atoms with E-state index in [1.54, 1.807) is 0 Å². The summed E-state index contributed by atoms with van der Waals surface area (Å²) in [5, 5.41) is 5.15. The fraction of sp³-hybridized carbons (Fsp3) is 0.0448. The van der Waals surface area contributed by atoms with Gasteiger partial charge in [-0.25, -0.2) is 0 Å². The fourth-order valence-corrected chi connectivity index (χ4v) is 12.8. The van der Waals surface area contributed by atoms with Crippen molar-refractivity contribution in [2.75, 3.05) is 14.7 Å².